The van der Waals surface area contributed by atoms with Crippen molar-refractivity contribution in [3.8, 4) is 11.5 Å². The number of hydrogen-bond donors (Lipinski definition) is 1. The Kier molecular flexibility index (Phi) is 5.53. The molecule has 1 aromatic carbocycles. The number of methoxy groups -OCH3 is 1. The van der Waals surface area contributed by atoms with Crippen molar-refractivity contribution >= 4 is 0 Å². The van der Waals surface area contributed by atoms with Crippen molar-refractivity contribution in [3.05, 3.63) is 23.8 Å². The monoisotopic (exact) mass is 306 g/mol. The second kappa shape index (κ2) is 7.81. The van der Waals surface area contributed by atoms with Gasteiger partial charge in [-0.15, -0.1) is 0 Å². The van der Waals surface area contributed by atoms with Gasteiger partial charge in [0.25, 0.3) is 0 Å². The van der Waals surface area contributed by atoms with Gasteiger partial charge in [-0.25, -0.2) is 0 Å². The van der Waals surface area contributed by atoms with Gasteiger partial charge in [-0.05, 0) is 18.9 Å². The predicted molar refractivity (Wildman–Crippen MR) is 85.6 cm³/mol. The molecule has 1 aromatic rings. The first-order valence-electron chi connectivity index (χ1n) is 8.20. The van der Waals surface area contributed by atoms with Gasteiger partial charge in [0.2, 0.25) is 0 Å². The fourth-order valence-corrected chi connectivity index (χ4v) is 3.06. The lowest BCUT2D eigenvalue weighted by molar-refractivity contribution is 0.00571. The Labute approximate surface area is 132 Å². The molecule has 1 N–H and O–H groups in total. The third-order valence-electron chi connectivity index (χ3n) is 4.29. The molecule has 2 heterocycles. The molecular formula is C17H26N2O3. The summed E-state index contributed by atoms with van der Waals surface area (Å²) in [5.74, 6) is 1.71. The molecule has 122 valence electrons. The summed E-state index contributed by atoms with van der Waals surface area (Å²) in [7, 11) is 1.70. The Morgan fingerprint density at radius 2 is 2.18 bits per heavy atom. The summed E-state index contributed by atoms with van der Waals surface area (Å²) < 4.78 is 17.3. The predicted octanol–water partition coefficient (Wildman–Crippen LogP) is 1.66. The zero-order valence-corrected chi connectivity index (χ0v) is 13.3. The molecule has 5 nitrogen and oxygen atoms in total. The molecule has 2 saturated heterocycles. The van der Waals surface area contributed by atoms with Crippen molar-refractivity contribution in [2.24, 2.45) is 0 Å². The normalized spacial score (nSPS) is 23.2. The summed E-state index contributed by atoms with van der Waals surface area (Å²) in [6, 6.07) is 6.16. The van der Waals surface area contributed by atoms with Crippen LogP contribution in [0.25, 0.3) is 0 Å². The van der Waals surface area contributed by atoms with Gasteiger partial charge in [-0.1, -0.05) is 12.1 Å². The van der Waals surface area contributed by atoms with Gasteiger partial charge in [-0.3, -0.25) is 4.90 Å². The van der Waals surface area contributed by atoms with Crippen LogP contribution in [0, 0.1) is 0 Å². The van der Waals surface area contributed by atoms with Crippen LogP contribution in [0.1, 0.15) is 18.4 Å². The van der Waals surface area contributed by atoms with E-state index in [0.717, 1.165) is 63.7 Å². The molecule has 5 heteroatoms. The zero-order valence-electron chi connectivity index (χ0n) is 13.3. The molecule has 2 aliphatic heterocycles. The average molecular weight is 306 g/mol. The number of rotatable bonds is 5. The molecule has 0 amide bonds. The maximum atomic E-state index is 6.26. The quantitative estimate of drug-likeness (QED) is 0.896. The number of benzene rings is 1. The van der Waals surface area contributed by atoms with Crippen LogP contribution in [0.15, 0.2) is 18.2 Å². The van der Waals surface area contributed by atoms with Crippen LogP contribution in [-0.4, -0.2) is 57.5 Å². The molecule has 0 aliphatic carbocycles. The van der Waals surface area contributed by atoms with Gasteiger partial charge in [0, 0.05) is 44.9 Å². The van der Waals surface area contributed by atoms with Crippen LogP contribution in [0.2, 0.25) is 0 Å². The summed E-state index contributed by atoms with van der Waals surface area (Å²) >= 11 is 0. The molecule has 0 bridgehead atoms. The first-order valence-corrected chi connectivity index (χ1v) is 8.20. The zero-order chi connectivity index (χ0) is 15.2. The molecule has 0 radical (unpaired) electrons. The van der Waals surface area contributed by atoms with Gasteiger partial charge in [0.1, 0.15) is 6.10 Å². The highest BCUT2D eigenvalue weighted by atomic mass is 16.5. The smallest absolute Gasteiger partial charge is 0.166 e. The van der Waals surface area contributed by atoms with Crippen LogP contribution >= 0.6 is 0 Å². The Balaban J connectivity index is 1.75. The van der Waals surface area contributed by atoms with Gasteiger partial charge in [0.05, 0.1) is 13.7 Å². The van der Waals surface area contributed by atoms with E-state index in [1.165, 1.54) is 5.56 Å². The lowest BCUT2D eigenvalue weighted by Gasteiger charge is -2.29. The van der Waals surface area contributed by atoms with Crippen LogP contribution in [0.4, 0.5) is 0 Å². The molecule has 0 saturated carbocycles. The average Bonchev–Trinajstić information content (AvgIpc) is 2.58. The van der Waals surface area contributed by atoms with Crippen molar-refractivity contribution in [3.63, 3.8) is 0 Å². The maximum Gasteiger partial charge on any atom is 0.166 e. The van der Waals surface area contributed by atoms with E-state index in [-0.39, 0.29) is 6.10 Å². The van der Waals surface area contributed by atoms with Crippen LogP contribution in [0.3, 0.4) is 0 Å². The fourth-order valence-electron chi connectivity index (χ4n) is 3.06. The number of hydrogen-bond acceptors (Lipinski definition) is 5. The Morgan fingerprint density at radius 3 is 2.91 bits per heavy atom. The summed E-state index contributed by atoms with van der Waals surface area (Å²) in [6.07, 6.45) is 2.24. The molecule has 3 rings (SSSR count). The van der Waals surface area contributed by atoms with Crippen LogP contribution in [0.5, 0.6) is 11.5 Å². The third kappa shape index (κ3) is 3.91. The van der Waals surface area contributed by atoms with E-state index >= 15 is 0 Å². The van der Waals surface area contributed by atoms with Gasteiger partial charge in [0.15, 0.2) is 11.5 Å². The summed E-state index contributed by atoms with van der Waals surface area (Å²) in [4.78, 5) is 2.45. The van der Waals surface area contributed by atoms with E-state index in [4.69, 9.17) is 14.2 Å². The Bertz CT molecular complexity index is 469. The van der Waals surface area contributed by atoms with E-state index in [9.17, 15) is 0 Å². The van der Waals surface area contributed by atoms with Crippen molar-refractivity contribution in [2.45, 2.75) is 25.5 Å². The molecular weight excluding hydrogens is 280 g/mol. The maximum absolute atomic E-state index is 6.26. The van der Waals surface area contributed by atoms with E-state index in [0.29, 0.717) is 6.61 Å². The van der Waals surface area contributed by atoms with E-state index in [2.05, 4.69) is 16.3 Å². The highest BCUT2D eigenvalue weighted by molar-refractivity contribution is 5.46. The molecule has 2 aliphatic rings. The number of nitrogens with zero attached hydrogens (tertiary/aromatic N) is 1. The van der Waals surface area contributed by atoms with Gasteiger partial charge >= 0.3 is 0 Å². The second-order valence-electron chi connectivity index (χ2n) is 5.93. The highest BCUT2D eigenvalue weighted by Gasteiger charge is 2.21. The lowest BCUT2D eigenvalue weighted by Crippen LogP contribution is -2.43. The van der Waals surface area contributed by atoms with E-state index in [1.54, 1.807) is 7.11 Å². The molecule has 2 fully saturated rings. The van der Waals surface area contributed by atoms with E-state index in [1.807, 2.05) is 12.1 Å². The number of para-hydroxylation sites is 1. The molecule has 0 spiro atoms. The molecule has 1 unspecified atom stereocenters. The third-order valence-corrected chi connectivity index (χ3v) is 4.29. The molecule has 1 atom stereocenters. The Morgan fingerprint density at radius 1 is 1.32 bits per heavy atom. The minimum Gasteiger partial charge on any atom is -0.493 e. The molecule has 0 aromatic heterocycles. The van der Waals surface area contributed by atoms with Crippen LogP contribution in [-0.2, 0) is 11.3 Å². The number of nitrogens with one attached hydrogen (secondary N) is 1. The van der Waals surface area contributed by atoms with Crippen molar-refractivity contribution < 1.29 is 14.2 Å². The highest BCUT2D eigenvalue weighted by Crippen LogP contribution is 2.33. The first kappa shape index (κ1) is 15.6. The van der Waals surface area contributed by atoms with Gasteiger partial charge < -0.3 is 19.5 Å². The standard InChI is InChI=1S/C17H26N2O3/c1-20-16-6-2-4-14(12-19-9-7-18-8-10-19)17(16)22-15-5-3-11-21-13-15/h2,4,6,15,18H,3,5,7-13H2,1H3. The van der Waals surface area contributed by atoms with Crippen molar-refractivity contribution in [1.29, 1.82) is 0 Å². The number of piperazine rings is 1. The minimum atomic E-state index is 0.131. The first-order chi connectivity index (χ1) is 10.9. The minimum absolute atomic E-state index is 0.131. The van der Waals surface area contributed by atoms with Crippen molar-refractivity contribution in [1.82, 2.24) is 10.2 Å². The SMILES string of the molecule is COc1cccc(CN2CCNCC2)c1OC1CCCOC1. The lowest BCUT2D eigenvalue weighted by atomic mass is 10.1. The second-order valence-corrected chi connectivity index (χ2v) is 5.93. The van der Waals surface area contributed by atoms with E-state index < -0.39 is 0 Å². The Hall–Kier alpha value is -1.30. The largest absolute Gasteiger partial charge is 0.493 e. The number of ether oxygens (including phenoxy) is 3. The summed E-state index contributed by atoms with van der Waals surface area (Å²) in [6.45, 7) is 6.67. The summed E-state index contributed by atoms with van der Waals surface area (Å²) in [5.41, 5.74) is 1.20. The molecule has 22 heavy (non-hydrogen) atoms. The fraction of sp³-hybridized carbons (Fsp3) is 0.647. The van der Waals surface area contributed by atoms with Crippen LogP contribution < -0.4 is 14.8 Å². The topological polar surface area (TPSA) is 43.0 Å². The van der Waals surface area contributed by atoms with Gasteiger partial charge in [-0.2, -0.15) is 0 Å². The van der Waals surface area contributed by atoms with Crippen molar-refractivity contribution in [2.75, 3.05) is 46.5 Å². The summed E-state index contributed by atoms with van der Waals surface area (Å²) in [5, 5.41) is 3.39.